The van der Waals surface area contributed by atoms with Gasteiger partial charge in [-0.05, 0) is 61.6 Å². The molecule has 37 heavy (non-hydrogen) atoms. The summed E-state index contributed by atoms with van der Waals surface area (Å²) in [5.74, 6) is -0.286. The minimum absolute atomic E-state index is 0.109. The lowest BCUT2D eigenvalue weighted by atomic mass is 9.84. The lowest BCUT2D eigenvalue weighted by molar-refractivity contribution is -0.139. The number of aliphatic hydroxyl groups is 1. The molecule has 2 aliphatic rings. The number of hydrogen-bond donors (Lipinski definition) is 1. The quantitative estimate of drug-likeness (QED) is 0.463. The van der Waals surface area contributed by atoms with E-state index in [9.17, 15) is 9.90 Å². The largest absolute Gasteiger partial charge is 0.378 e. The van der Waals surface area contributed by atoms with Crippen molar-refractivity contribution in [2.24, 2.45) is 4.99 Å². The number of likely N-dealkylation sites (tertiary alicyclic amines) is 1. The second-order valence-corrected chi connectivity index (χ2v) is 9.80. The summed E-state index contributed by atoms with van der Waals surface area (Å²) in [6.45, 7) is 9.64. The number of carbonyl (C=O) groups excluding carboxylic acids is 1. The van der Waals surface area contributed by atoms with E-state index in [2.05, 4.69) is 40.7 Å². The van der Waals surface area contributed by atoms with Crippen molar-refractivity contribution in [2.45, 2.75) is 44.5 Å². The molecule has 0 radical (unpaired) electrons. The van der Waals surface area contributed by atoms with Gasteiger partial charge in [0.25, 0.3) is 5.91 Å². The molecule has 6 nitrogen and oxygen atoms in total. The number of carbonyl (C=O) groups is 1. The minimum Gasteiger partial charge on any atom is -0.378 e. The molecule has 1 N–H and O–H groups in total. The van der Waals surface area contributed by atoms with E-state index in [1.807, 2.05) is 13.0 Å². The highest BCUT2D eigenvalue weighted by molar-refractivity contribution is 6.30. The molecular formula is C30H38ClN3O3. The van der Waals surface area contributed by atoms with Gasteiger partial charge in [0.2, 0.25) is 0 Å². The van der Waals surface area contributed by atoms with Gasteiger partial charge in [-0.15, -0.1) is 0 Å². The average molecular weight is 524 g/mol. The summed E-state index contributed by atoms with van der Waals surface area (Å²) in [4.78, 5) is 20.4. The van der Waals surface area contributed by atoms with Crippen LogP contribution in [-0.4, -0.2) is 60.3 Å². The number of aliphatic hydroxyl groups excluding tert-OH is 1. The van der Waals surface area contributed by atoms with E-state index in [0.717, 1.165) is 45.5 Å². The number of amides is 1. The van der Waals surface area contributed by atoms with Gasteiger partial charge in [0, 0.05) is 44.1 Å². The highest BCUT2D eigenvalue weighted by atomic mass is 35.5. The number of rotatable bonds is 8. The van der Waals surface area contributed by atoms with E-state index in [1.54, 1.807) is 54.7 Å². The summed E-state index contributed by atoms with van der Waals surface area (Å²) in [6, 6.07) is 15.3. The van der Waals surface area contributed by atoms with Gasteiger partial charge < -0.3 is 19.6 Å². The Bertz CT molecular complexity index is 1080. The van der Waals surface area contributed by atoms with Crippen LogP contribution in [0.1, 0.15) is 49.0 Å². The van der Waals surface area contributed by atoms with E-state index < -0.39 is 6.10 Å². The lowest BCUT2D eigenvalue weighted by Gasteiger charge is -2.39. The van der Waals surface area contributed by atoms with Gasteiger partial charge in [-0.1, -0.05) is 66.7 Å². The van der Waals surface area contributed by atoms with Crippen LogP contribution in [0.4, 0.5) is 0 Å². The third kappa shape index (κ3) is 7.86. The topological polar surface area (TPSA) is 65.4 Å². The Labute approximate surface area is 225 Å². The van der Waals surface area contributed by atoms with Crippen LogP contribution in [0.25, 0.3) is 0 Å². The maximum Gasteiger partial charge on any atom is 0.255 e. The summed E-state index contributed by atoms with van der Waals surface area (Å²) < 4.78 is 6.23. The third-order valence-electron chi connectivity index (χ3n) is 6.87. The van der Waals surface area contributed by atoms with Crippen molar-refractivity contribution in [1.82, 2.24) is 9.80 Å². The molecule has 7 heteroatoms. The van der Waals surface area contributed by atoms with Gasteiger partial charge in [0.1, 0.15) is 0 Å². The van der Waals surface area contributed by atoms with Crippen molar-refractivity contribution in [3.63, 3.8) is 0 Å². The Balaban J connectivity index is 0.000000479. The predicted molar refractivity (Wildman–Crippen MR) is 151 cm³/mol. The van der Waals surface area contributed by atoms with Crippen LogP contribution in [-0.2, 0) is 21.7 Å². The molecule has 1 unspecified atom stereocenters. The molecule has 2 aromatic rings. The zero-order chi connectivity index (χ0) is 26.7. The van der Waals surface area contributed by atoms with E-state index in [1.165, 1.54) is 11.1 Å². The number of hydrogen-bond acceptors (Lipinski definition) is 5. The number of ether oxygens (including phenoxy) is 1. The molecular weight excluding hydrogens is 486 g/mol. The number of halogens is 1. The number of likely N-dealkylation sites (N-methyl/N-ethyl adjacent to an activating group) is 1. The van der Waals surface area contributed by atoms with Crippen molar-refractivity contribution in [3.05, 3.63) is 95.2 Å². The zero-order valence-corrected chi connectivity index (χ0v) is 22.6. The van der Waals surface area contributed by atoms with Gasteiger partial charge in [-0.25, -0.2) is 0 Å². The molecule has 2 heterocycles. The zero-order valence-electron chi connectivity index (χ0n) is 21.9. The molecule has 0 aromatic heterocycles. The fraction of sp³-hybridized carbons (Fsp3) is 0.400. The SMILES string of the molecule is C=CC=N/C=C\C.CN(CCCN1CCC2(CC1)OCc1ccccc12)C(=O)C(O)c1ccc(Cl)cc1. The number of fused-ring (bicyclic) bond motifs is 2. The fourth-order valence-corrected chi connectivity index (χ4v) is 4.90. The second kappa shape index (κ2) is 14.2. The summed E-state index contributed by atoms with van der Waals surface area (Å²) in [7, 11) is 1.75. The third-order valence-corrected chi connectivity index (χ3v) is 7.12. The smallest absolute Gasteiger partial charge is 0.255 e. The summed E-state index contributed by atoms with van der Waals surface area (Å²) in [5.41, 5.74) is 3.15. The number of piperidine rings is 1. The van der Waals surface area contributed by atoms with Crippen LogP contribution < -0.4 is 0 Å². The average Bonchev–Trinajstić information content (AvgIpc) is 3.28. The van der Waals surface area contributed by atoms with Gasteiger partial charge in [-0.3, -0.25) is 9.79 Å². The summed E-state index contributed by atoms with van der Waals surface area (Å²) in [5, 5.41) is 10.9. The Morgan fingerprint density at radius 3 is 2.62 bits per heavy atom. The normalized spacial score (nSPS) is 17.4. The molecule has 1 saturated heterocycles. The standard InChI is InChI=1S/C24H29ClN2O3.C6H9N/c1-26(23(29)22(28)18-7-9-20(25)10-8-18)13-4-14-27-15-11-24(12-16-27)21-6-3-2-5-19(21)17-30-24;1-3-5-7-6-4-2/h2-3,5-10,22,28H,4,11-17H2,1H3;3-6H,1H2,2H3/b;6-4-,7-5?. The Hall–Kier alpha value is -2.77. The maximum absolute atomic E-state index is 12.5. The van der Waals surface area contributed by atoms with Gasteiger partial charge in [-0.2, -0.15) is 0 Å². The first-order chi connectivity index (χ1) is 17.9. The van der Waals surface area contributed by atoms with Crippen molar-refractivity contribution in [3.8, 4) is 0 Å². The first-order valence-electron chi connectivity index (χ1n) is 12.8. The Morgan fingerprint density at radius 2 is 1.95 bits per heavy atom. The first kappa shape index (κ1) is 28.8. The maximum atomic E-state index is 12.5. The molecule has 0 aliphatic carbocycles. The van der Waals surface area contributed by atoms with Crippen LogP contribution in [0.5, 0.6) is 0 Å². The van der Waals surface area contributed by atoms with Gasteiger partial charge in [0.15, 0.2) is 6.10 Å². The molecule has 1 fully saturated rings. The number of aliphatic imine (C=N–C) groups is 1. The molecule has 2 aliphatic heterocycles. The number of allylic oxidation sites excluding steroid dienone is 2. The van der Waals surface area contributed by atoms with E-state index in [-0.39, 0.29) is 11.5 Å². The van der Waals surface area contributed by atoms with E-state index >= 15 is 0 Å². The summed E-state index contributed by atoms with van der Waals surface area (Å²) in [6.07, 6.45) is 8.59. The molecule has 1 atom stereocenters. The number of benzene rings is 2. The number of nitrogens with zero attached hydrogens (tertiary/aromatic N) is 3. The Kier molecular flexibility index (Phi) is 11.1. The lowest BCUT2D eigenvalue weighted by Crippen LogP contribution is -2.43. The van der Waals surface area contributed by atoms with Crippen LogP contribution in [0.2, 0.25) is 5.02 Å². The van der Waals surface area contributed by atoms with Crippen molar-refractivity contribution >= 4 is 23.7 Å². The molecule has 198 valence electrons. The molecule has 0 bridgehead atoms. The molecule has 4 rings (SSSR count). The monoisotopic (exact) mass is 523 g/mol. The van der Waals surface area contributed by atoms with E-state index in [0.29, 0.717) is 17.1 Å². The first-order valence-corrected chi connectivity index (χ1v) is 13.2. The predicted octanol–water partition coefficient (Wildman–Crippen LogP) is 5.52. The Morgan fingerprint density at radius 1 is 1.24 bits per heavy atom. The van der Waals surface area contributed by atoms with Crippen molar-refractivity contribution in [2.75, 3.05) is 33.2 Å². The minimum atomic E-state index is -1.15. The molecule has 1 spiro atoms. The molecule has 2 aromatic carbocycles. The van der Waals surface area contributed by atoms with Crippen LogP contribution in [0, 0.1) is 0 Å². The van der Waals surface area contributed by atoms with Crippen molar-refractivity contribution in [1.29, 1.82) is 0 Å². The van der Waals surface area contributed by atoms with E-state index in [4.69, 9.17) is 16.3 Å². The van der Waals surface area contributed by atoms with Gasteiger partial charge in [0.05, 0.1) is 12.2 Å². The van der Waals surface area contributed by atoms with Crippen LogP contribution in [0.3, 0.4) is 0 Å². The second-order valence-electron chi connectivity index (χ2n) is 9.37. The van der Waals surface area contributed by atoms with Crippen LogP contribution >= 0.6 is 11.6 Å². The highest BCUT2D eigenvalue weighted by Crippen LogP contribution is 2.43. The fourth-order valence-electron chi connectivity index (χ4n) is 4.77. The molecule has 1 amide bonds. The molecule has 0 saturated carbocycles. The van der Waals surface area contributed by atoms with Gasteiger partial charge >= 0.3 is 0 Å². The highest BCUT2D eigenvalue weighted by Gasteiger charge is 2.42. The summed E-state index contributed by atoms with van der Waals surface area (Å²) >= 11 is 5.88. The van der Waals surface area contributed by atoms with Crippen molar-refractivity contribution < 1.29 is 14.6 Å². The van der Waals surface area contributed by atoms with Crippen LogP contribution in [0.15, 0.2) is 78.5 Å².